The van der Waals surface area contributed by atoms with E-state index in [1.165, 1.54) is 0 Å². The van der Waals surface area contributed by atoms with E-state index in [-0.39, 0.29) is 6.61 Å². The molecule has 0 saturated carbocycles. The number of rotatable bonds is 7. The van der Waals surface area contributed by atoms with Gasteiger partial charge in [0.25, 0.3) is 0 Å². The third-order valence-electron chi connectivity index (χ3n) is 4.24. The van der Waals surface area contributed by atoms with Crippen molar-refractivity contribution in [1.29, 1.82) is 0 Å². The highest BCUT2D eigenvalue weighted by molar-refractivity contribution is 6.31. The number of aryl methyl sites for hydroxylation is 2. The van der Waals surface area contributed by atoms with Crippen LogP contribution in [-0.2, 0) is 24.4 Å². The molecule has 2 aromatic heterocycles. The first-order chi connectivity index (χ1) is 13.0. The number of hydrogen-bond acceptors (Lipinski definition) is 6. The van der Waals surface area contributed by atoms with E-state index >= 15 is 0 Å². The zero-order valence-electron chi connectivity index (χ0n) is 15.5. The largest absolute Gasteiger partial charge is 0.454 e. The van der Waals surface area contributed by atoms with Gasteiger partial charge in [-0.2, -0.15) is 5.10 Å². The SMILES string of the molecule is CCCn1nnnc1COC(=O)c1c(C)nn(Cc2ccccc2Cl)c1C. The van der Waals surface area contributed by atoms with Gasteiger partial charge in [0.15, 0.2) is 12.4 Å². The minimum atomic E-state index is -0.443. The smallest absolute Gasteiger partial charge is 0.342 e. The molecule has 0 aliphatic rings. The zero-order chi connectivity index (χ0) is 19.4. The molecule has 0 radical (unpaired) electrons. The first-order valence-corrected chi connectivity index (χ1v) is 9.08. The van der Waals surface area contributed by atoms with Crippen LogP contribution in [0.3, 0.4) is 0 Å². The summed E-state index contributed by atoms with van der Waals surface area (Å²) in [6.45, 7) is 6.82. The number of hydrogen-bond donors (Lipinski definition) is 0. The number of aromatic nitrogens is 6. The van der Waals surface area contributed by atoms with Gasteiger partial charge >= 0.3 is 5.97 Å². The Morgan fingerprint density at radius 3 is 2.74 bits per heavy atom. The molecule has 3 aromatic rings. The van der Waals surface area contributed by atoms with Gasteiger partial charge in [0.2, 0.25) is 0 Å². The summed E-state index contributed by atoms with van der Waals surface area (Å²) < 4.78 is 8.82. The summed E-state index contributed by atoms with van der Waals surface area (Å²) in [4.78, 5) is 12.6. The summed E-state index contributed by atoms with van der Waals surface area (Å²) in [7, 11) is 0. The maximum Gasteiger partial charge on any atom is 0.342 e. The van der Waals surface area contributed by atoms with E-state index in [2.05, 4.69) is 20.6 Å². The van der Waals surface area contributed by atoms with Gasteiger partial charge in [0.05, 0.1) is 17.9 Å². The summed E-state index contributed by atoms with van der Waals surface area (Å²) in [6.07, 6.45) is 0.888. The molecule has 9 heteroatoms. The second kappa shape index (κ2) is 8.30. The molecule has 0 saturated heterocycles. The van der Waals surface area contributed by atoms with Gasteiger partial charge in [-0.05, 0) is 42.3 Å². The summed E-state index contributed by atoms with van der Waals surface area (Å²) in [5, 5.41) is 16.6. The highest BCUT2D eigenvalue weighted by Gasteiger charge is 2.21. The van der Waals surface area contributed by atoms with E-state index in [0.29, 0.717) is 35.2 Å². The molecule has 0 amide bonds. The molecular formula is C18H21ClN6O2. The molecule has 0 fully saturated rings. The van der Waals surface area contributed by atoms with Crippen molar-refractivity contribution in [2.45, 2.75) is 46.9 Å². The molecule has 0 unspecified atom stereocenters. The van der Waals surface area contributed by atoms with Crippen molar-refractivity contribution in [3.05, 3.63) is 57.6 Å². The molecule has 27 heavy (non-hydrogen) atoms. The lowest BCUT2D eigenvalue weighted by Crippen LogP contribution is -2.12. The van der Waals surface area contributed by atoms with E-state index in [1.807, 2.05) is 38.1 Å². The minimum absolute atomic E-state index is 0.0143. The molecule has 0 spiro atoms. The lowest BCUT2D eigenvalue weighted by Gasteiger charge is -2.08. The quantitative estimate of drug-likeness (QED) is 0.578. The number of carbonyl (C=O) groups is 1. The van der Waals surface area contributed by atoms with E-state index in [9.17, 15) is 4.79 Å². The van der Waals surface area contributed by atoms with E-state index < -0.39 is 5.97 Å². The van der Waals surface area contributed by atoms with Gasteiger partial charge in [-0.1, -0.05) is 36.7 Å². The van der Waals surface area contributed by atoms with E-state index in [1.54, 1.807) is 16.3 Å². The molecule has 0 bridgehead atoms. The lowest BCUT2D eigenvalue weighted by atomic mass is 10.2. The van der Waals surface area contributed by atoms with Crippen LogP contribution in [0.1, 0.15) is 46.5 Å². The molecule has 8 nitrogen and oxygen atoms in total. The molecule has 0 aliphatic heterocycles. The minimum Gasteiger partial charge on any atom is -0.454 e. The maximum absolute atomic E-state index is 12.6. The van der Waals surface area contributed by atoms with Crippen LogP contribution in [-0.4, -0.2) is 36.0 Å². The normalized spacial score (nSPS) is 11.0. The molecule has 3 rings (SSSR count). The van der Waals surface area contributed by atoms with Crippen molar-refractivity contribution < 1.29 is 9.53 Å². The topological polar surface area (TPSA) is 87.7 Å². The van der Waals surface area contributed by atoms with Crippen molar-refractivity contribution in [3.8, 4) is 0 Å². The van der Waals surface area contributed by atoms with E-state index in [4.69, 9.17) is 16.3 Å². The van der Waals surface area contributed by atoms with Gasteiger partial charge in [-0.15, -0.1) is 5.10 Å². The predicted molar refractivity (Wildman–Crippen MR) is 99.5 cm³/mol. The fourth-order valence-corrected chi connectivity index (χ4v) is 3.04. The van der Waals surface area contributed by atoms with Crippen LogP contribution in [0.15, 0.2) is 24.3 Å². The van der Waals surface area contributed by atoms with Gasteiger partial charge in [0.1, 0.15) is 5.56 Å². The van der Waals surface area contributed by atoms with Crippen LogP contribution in [0.5, 0.6) is 0 Å². The average molecular weight is 389 g/mol. The second-order valence-electron chi connectivity index (χ2n) is 6.19. The molecule has 0 N–H and O–H groups in total. The van der Waals surface area contributed by atoms with E-state index in [0.717, 1.165) is 17.7 Å². The number of tetrazole rings is 1. The standard InChI is InChI=1S/C18H21ClN6O2/c1-4-9-24-16(20-22-23-24)11-27-18(26)17-12(2)21-25(13(17)3)10-14-7-5-6-8-15(14)19/h5-8H,4,9-11H2,1-3H3. The number of ether oxygens (including phenoxy) is 1. The molecule has 1 aromatic carbocycles. The third-order valence-corrected chi connectivity index (χ3v) is 4.61. The Labute approximate surface area is 162 Å². The Morgan fingerprint density at radius 2 is 2.00 bits per heavy atom. The summed E-state index contributed by atoms with van der Waals surface area (Å²) >= 11 is 6.23. The van der Waals surface area contributed by atoms with Crippen LogP contribution >= 0.6 is 11.6 Å². The average Bonchev–Trinajstić information content (AvgIpc) is 3.19. The van der Waals surface area contributed by atoms with Crippen molar-refractivity contribution >= 4 is 17.6 Å². The van der Waals surface area contributed by atoms with Gasteiger partial charge in [-0.25, -0.2) is 9.48 Å². The Morgan fingerprint density at radius 1 is 1.22 bits per heavy atom. The molecule has 0 aliphatic carbocycles. The molecule has 0 atom stereocenters. The van der Waals surface area contributed by atoms with Crippen molar-refractivity contribution in [3.63, 3.8) is 0 Å². The number of nitrogens with zero attached hydrogens (tertiary/aromatic N) is 6. The van der Waals surface area contributed by atoms with Crippen LogP contribution < -0.4 is 0 Å². The number of carbonyl (C=O) groups excluding carboxylic acids is 1. The Hall–Kier alpha value is -2.74. The third kappa shape index (κ3) is 4.16. The van der Waals surface area contributed by atoms with Crippen molar-refractivity contribution in [1.82, 2.24) is 30.0 Å². The zero-order valence-corrected chi connectivity index (χ0v) is 16.3. The van der Waals surface area contributed by atoms with Crippen LogP contribution in [0.25, 0.3) is 0 Å². The molecule has 2 heterocycles. The van der Waals surface area contributed by atoms with Crippen molar-refractivity contribution in [2.24, 2.45) is 0 Å². The highest BCUT2D eigenvalue weighted by Crippen LogP contribution is 2.20. The fraction of sp³-hybridized carbons (Fsp3) is 0.389. The van der Waals surface area contributed by atoms with Crippen molar-refractivity contribution in [2.75, 3.05) is 0 Å². The molecule has 142 valence electrons. The van der Waals surface area contributed by atoms with Crippen LogP contribution in [0.2, 0.25) is 5.02 Å². The first-order valence-electron chi connectivity index (χ1n) is 8.70. The van der Waals surface area contributed by atoms with Gasteiger partial charge in [0, 0.05) is 11.6 Å². The number of halogens is 1. The Bertz CT molecular complexity index is 949. The fourth-order valence-electron chi connectivity index (χ4n) is 2.85. The Balaban J connectivity index is 1.74. The van der Waals surface area contributed by atoms with Crippen LogP contribution in [0, 0.1) is 13.8 Å². The van der Waals surface area contributed by atoms with Gasteiger partial charge in [-0.3, -0.25) is 4.68 Å². The van der Waals surface area contributed by atoms with Gasteiger partial charge < -0.3 is 4.74 Å². The highest BCUT2D eigenvalue weighted by atomic mass is 35.5. The predicted octanol–water partition coefficient (Wildman–Crippen LogP) is 2.96. The molecular weight excluding hydrogens is 368 g/mol. The monoisotopic (exact) mass is 388 g/mol. The lowest BCUT2D eigenvalue weighted by molar-refractivity contribution is 0.0454. The summed E-state index contributed by atoms with van der Waals surface area (Å²) in [6, 6.07) is 7.56. The maximum atomic E-state index is 12.6. The van der Waals surface area contributed by atoms with Crippen LogP contribution in [0.4, 0.5) is 0 Å². The number of benzene rings is 1. The summed E-state index contributed by atoms with van der Waals surface area (Å²) in [5.41, 5.74) is 2.73. The number of esters is 1. The first kappa shape index (κ1) is 19.0. The second-order valence-corrected chi connectivity index (χ2v) is 6.60. The Kier molecular flexibility index (Phi) is 5.85. The summed E-state index contributed by atoms with van der Waals surface area (Å²) in [5.74, 6) is 0.0745.